The van der Waals surface area contributed by atoms with Crippen LogP contribution in [0.2, 0.25) is 5.02 Å². The van der Waals surface area contributed by atoms with Gasteiger partial charge in [0.25, 0.3) is 0 Å². The quantitative estimate of drug-likeness (QED) is 0.842. The first-order chi connectivity index (χ1) is 10.5. The fourth-order valence-electron chi connectivity index (χ4n) is 2.52. The monoisotopic (exact) mass is 364 g/mol. The Balaban J connectivity index is 0.00000264. The van der Waals surface area contributed by atoms with E-state index in [2.05, 4.69) is 5.32 Å². The Morgan fingerprint density at radius 3 is 2.83 bits per heavy atom. The van der Waals surface area contributed by atoms with Crippen molar-refractivity contribution in [3.05, 3.63) is 29.0 Å². The summed E-state index contributed by atoms with van der Waals surface area (Å²) in [5.74, 6) is -2.05. The second-order valence-corrected chi connectivity index (χ2v) is 5.84. The Hall–Kier alpha value is -1.37. The third-order valence-electron chi connectivity index (χ3n) is 3.72. The lowest BCUT2D eigenvalue weighted by Gasteiger charge is -2.30. The highest BCUT2D eigenvalue weighted by Crippen LogP contribution is 2.20. The molecule has 1 aliphatic rings. The van der Waals surface area contributed by atoms with Crippen molar-refractivity contribution in [2.45, 2.75) is 19.3 Å². The Morgan fingerprint density at radius 1 is 1.43 bits per heavy atom. The van der Waals surface area contributed by atoms with Crippen molar-refractivity contribution >= 4 is 41.6 Å². The Morgan fingerprint density at radius 2 is 2.17 bits per heavy atom. The molecule has 0 spiro atoms. The van der Waals surface area contributed by atoms with Gasteiger partial charge in [-0.25, -0.2) is 4.39 Å². The summed E-state index contributed by atoms with van der Waals surface area (Å²) in [4.78, 5) is 24.8. The van der Waals surface area contributed by atoms with Gasteiger partial charge in [-0.15, -0.1) is 12.4 Å². The van der Waals surface area contributed by atoms with Crippen LogP contribution in [0.4, 0.5) is 10.1 Å². The van der Waals surface area contributed by atoms with Gasteiger partial charge >= 0.3 is 5.97 Å². The number of hydrogen-bond acceptors (Lipinski definition) is 3. The first-order valence-corrected chi connectivity index (χ1v) is 7.53. The minimum atomic E-state index is -0.794. The van der Waals surface area contributed by atoms with Gasteiger partial charge in [0.1, 0.15) is 5.82 Å². The number of nitrogens with zero attached hydrogens (tertiary/aromatic N) is 1. The highest BCUT2D eigenvalue weighted by molar-refractivity contribution is 6.30. The molecule has 1 amide bonds. The zero-order valence-corrected chi connectivity index (χ0v) is 14.0. The molecule has 1 unspecified atom stereocenters. The molecule has 0 radical (unpaired) electrons. The van der Waals surface area contributed by atoms with Gasteiger partial charge in [0.2, 0.25) is 5.91 Å². The molecule has 128 valence electrons. The first-order valence-electron chi connectivity index (χ1n) is 7.16. The van der Waals surface area contributed by atoms with Crippen LogP contribution in [-0.2, 0) is 9.59 Å². The standard InChI is InChI=1S/C15H18ClFN2O3.ClH/c16-11-3-4-13(12(17)8-11)18-14(20)5-7-19-6-1-2-10(9-19)15(21)22;/h3-4,8,10H,1-2,5-7,9H2,(H,18,20)(H,21,22);1H. The summed E-state index contributed by atoms with van der Waals surface area (Å²) in [5.41, 5.74) is 0.0939. The number of piperidine rings is 1. The maximum absolute atomic E-state index is 13.6. The number of carboxylic acid groups (broad SMARTS) is 1. The van der Waals surface area contributed by atoms with Gasteiger partial charge in [-0.05, 0) is 37.6 Å². The summed E-state index contributed by atoms with van der Waals surface area (Å²) in [5, 5.41) is 11.8. The lowest BCUT2D eigenvalue weighted by molar-refractivity contribution is -0.143. The average Bonchev–Trinajstić information content (AvgIpc) is 2.48. The minimum Gasteiger partial charge on any atom is -0.481 e. The van der Waals surface area contributed by atoms with Crippen LogP contribution in [0.25, 0.3) is 0 Å². The number of carboxylic acids is 1. The van der Waals surface area contributed by atoms with Gasteiger partial charge in [-0.1, -0.05) is 11.6 Å². The van der Waals surface area contributed by atoms with Crippen molar-refractivity contribution in [1.29, 1.82) is 0 Å². The maximum atomic E-state index is 13.6. The largest absolute Gasteiger partial charge is 0.481 e. The molecule has 0 bridgehead atoms. The highest BCUT2D eigenvalue weighted by atomic mass is 35.5. The van der Waals surface area contributed by atoms with Gasteiger partial charge in [0.05, 0.1) is 11.6 Å². The van der Waals surface area contributed by atoms with E-state index in [1.165, 1.54) is 12.1 Å². The minimum absolute atomic E-state index is 0. The van der Waals surface area contributed by atoms with Crippen LogP contribution in [0.15, 0.2) is 18.2 Å². The maximum Gasteiger partial charge on any atom is 0.307 e. The third-order valence-corrected chi connectivity index (χ3v) is 3.95. The Labute approximate surface area is 145 Å². The van der Waals surface area contributed by atoms with E-state index in [1.54, 1.807) is 0 Å². The summed E-state index contributed by atoms with van der Waals surface area (Å²) < 4.78 is 13.6. The number of rotatable bonds is 5. The molecule has 0 aromatic heterocycles. The lowest BCUT2D eigenvalue weighted by Crippen LogP contribution is -2.40. The van der Waals surface area contributed by atoms with E-state index in [9.17, 15) is 14.0 Å². The number of nitrogens with one attached hydrogen (secondary N) is 1. The molecule has 1 aliphatic heterocycles. The molecule has 2 rings (SSSR count). The second-order valence-electron chi connectivity index (χ2n) is 5.40. The van der Waals surface area contributed by atoms with Crippen LogP contribution in [0.5, 0.6) is 0 Å². The zero-order chi connectivity index (χ0) is 16.1. The summed E-state index contributed by atoms with van der Waals surface area (Å²) in [6, 6.07) is 4.05. The number of carbonyl (C=O) groups excluding carboxylic acids is 1. The molecule has 1 aromatic rings. The summed E-state index contributed by atoms with van der Waals surface area (Å²) in [7, 11) is 0. The van der Waals surface area contributed by atoms with Crippen LogP contribution in [0.1, 0.15) is 19.3 Å². The number of hydrogen-bond donors (Lipinski definition) is 2. The molecule has 1 saturated heterocycles. The predicted octanol–water partition coefficient (Wildman–Crippen LogP) is 3.03. The third kappa shape index (κ3) is 5.97. The van der Waals surface area contributed by atoms with Crippen LogP contribution in [0, 0.1) is 11.7 Å². The molecule has 1 heterocycles. The van der Waals surface area contributed by atoms with E-state index >= 15 is 0 Å². The molecule has 1 atom stereocenters. The van der Waals surface area contributed by atoms with Gasteiger partial charge in [-0.3, -0.25) is 9.59 Å². The van der Waals surface area contributed by atoms with Gasteiger partial charge in [0.15, 0.2) is 0 Å². The van der Waals surface area contributed by atoms with E-state index in [1.807, 2.05) is 4.90 Å². The Kier molecular flexibility index (Phi) is 7.75. The normalized spacial score (nSPS) is 18.1. The summed E-state index contributed by atoms with van der Waals surface area (Å²) >= 11 is 5.65. The molecule has 8 heteroatoms. The number of amides is 1. The van der Waals surface area contributed by atoms with E-state index < -0.39 is 11.8 Å². The molecular formula is C15H19Cl2FN2O3. The van der Waals surface area contributed by atoms with Crippen molar-refractivity contribution in [2.75, 3.05) is 25.0 Å². The molecule has 5 nitrogen and oxygen atoms in total. The smallest absolute Gasteiger partial charge is 0.307 e. The lowest BCUT2D eigenvalue weighted by atomic mass is 9.98. The molecule has 23 heavy (non-hydrogen) atoms. The van der Waals surface area contributed by atoms with Crippen LogP contribution >= 0.6 is 24.0 Å². The fourth-order valence-corrected chi connectivity index (χ4v) is 2.68. The van der Waals surface area contributed by atoms with Gasteiger partial charge in [0, 0.05) is 24.5 Å². The zero-order valence-electron chi connectivity index (χ0n) is 12.4. The van der Waals surface area contributed by atoms with E-state index in [-0.39, 0.29) is 41.4 Å². The molecule has 2 N–H and O–H groups in total. The van der Waals surface area contributed by atoms with E-state index in [4.69, 9.17) is 16.7 Å². The van der Waals surface area contributed by atoms with Gasteiger partial charge in [-0.2, -0.15) is 0 Å². The van der Waals surface area contributed by atoms with Crippen LogP contribution in [-0.4, -0.2) is 41.5 Å². The van der Waals surface area contributed by atoms with Crippen molar-refractivity contribution in [3.63, 3.8) is 0 Å². The average molecular weight is 365 g/mol. The Bertz CT molecular complexity index is 572. The van der Waals surface area contributed by atoms with E-state index in [0.717, 1.165) is 19.0 Å². The van der Waals surface area contributed by atoms with Crippen molar-refractivity contribution in [1.82, 2.24) is 4.90 Å². The van der Waals surface area contributed by atoms with Crippen molar-refractivity contribution in [3.8, 4) is 0 Å². The SMILES string of the molecule is Cl.O=C(CCN1CCCC(C(=O)O)C1)Nc1ccc(Cl)cc1F. The number of anilines is 1. The number of likely N-dealkylation sites (tertiary alicyclic amines) is 1. The summed E-state index contributed by atoms with van der Waals surface area (Å²) in [6.07, 6.45) is 1.67. The molecular weight excluding hydrogens is 346 g/mol. The molecule has 0 aliphatic carbocycles. The number of aliphatic carboxylic acids is 1. The topological polar surface area (TPSA) is 69.6 Å². The predicted molar refractivity (Wildman–Crippen MR) is 88.7 cm³/mol. The number of benzene rings is 1. The molecule has 1 aromatic carbocycles. The van der Waals surface area contributed by atoms with Crippen molar-refractivity contribution < 1.29 is 19.1 Å². The second kappa shape index (κ2) is 9.05. The van der Waals surface area contributed by atoms with Crippen LogP contribution in [0.3, 0.4) is 0 Å². The van der Waals surface area contributed by atoms with Crippen LogP contribution < -0.4 is 5.32 Å². The molecule has 1 fully saturated rings. The highest BCUT2D eigenvalue weighted by Gasteiger charge is 2.25. The van der Waals surface area contributed by atoms with Crippen molar-refractivity contribution in [2.24, 2.45) is 5.92 Å². The first kappa shape index (κ1) is 19.7. The van der Waals surface area contributed by atoms with Gasteiger partial charge < -0.3 is 15.3 Å². The fraction of sp³-hybridized carbons (Fsp3) is 0.467. The number of carbonyl (C=O) groups is 2. The number of halogens is 3. The van der Waals surface area contributed by atoms with E-state index in [0.29, 0.717) is 19.5 Å². The molecule has 0 saturated carbocycles. The summed E-state index contributed by atoms with van der Waals surface area (Å²) in [6.45, 7) is 1.70.